The van der Waals surface area contributed by atoms with Gasteiger partial charge in [0.05, 0.1) is 12.7 Å². The van der Waals surface area contributed by atoms with Crippen LogP contribution in [-0.4, -0.2) is 37.2 Å². The molecule has 0 saturated carbocycles. The normalized spacial score (nSPS) is 20.2. The second-order valence-electron chi connectivity index (χ2n) is 5.08. The molecule has 0 spiro atoms. The van der Waals surface area contributed by atoms with Crippen molar-refractivity contribution in [2.45, 2.75) is 36.3 Å². The minimum Gasteiger partial charge on any atom is -0.391 e. The van der Waals surface area contributed by atoms with Crippen molar-refractivity contribution in [2.75, 3.05) is 26.0 Å². The Bertz CT molecular complexity index is 430. The standard InChI is InChI=1S/C15H22ClNO2S/c1-19-10-12(18)6-7-17-14-3-2-8-20-15-5-4-11(16)9-13(14)15/h4-5,9,12,14,17-18H,2-3,6-8,10H2,1H3. The van der Waals surface area contributed by atoms with Gasteiger partial charge >= 0.3 is 0 Å². The lowest BCUT2D eigenvalue weighted by Crippen LogP contribution is -2.27. The van der Waals surface area contributed by atoms with Crippen LogP contribution in [0.2, 0.25) is 5.02 Å². The highest BCUT2D eigenvalue weighted by Crippen LogP contribution is 2.36. The molecule has 0 aromatic heterocycles. The molecular weight excluding hydrogens is 294 g/mol. The fourth-order valence-electron chi connectivity index (χ4n) is 2.46. The van der Waals surface area contributed by atoms with E-state index in [1.165, 1.54) is 16.9 Å². The molecule has 0 saturated heterocycles. The summed E-state index contributed by atoms with van der Waals surface area (Å²) in [5, 5.41) is 14.0. The van der Waals surface area contributed by atoms with Crippen LogP contribution in [0, 0.1) is 0 Å². The fraction of sp³-hybridized carbons (Fsp3) is 0.600. The van der Waals surface area contributed by atoms with Crippen LogP contribution >= 0.6 is 23.4 Å². The molecule has 0 bridgehead atoms. The van der Waals surface area contributed by atoms with Crippen LogP contribution in [0.4, 0.5) is 0 Å². The molecule has 0 amide bonds. The first-order chi connectivity index (χ1) is 9.70. The Balaban J connectivity index is 1.96. The van der Waals surface area contributed by atoms with Crippen molar-refractivity contribution in [2.24, 2.45) is 0 Å². The van der Waals surface area contributed by atoms with Crippen LogP contribution in [0.15, 0.2) is 23.1 Å². The first kappa shape index (κ1) is 16.1. The molecule has 3 nitrogen and oxygen atoms in total. The number of benzene rings is 1. The van der Waals surface area contributed by atoms with Gasteiger partial charge in [0.25, 0.3) is 0 Å². The summed E-state index contributed by atoms with van der Waals surface area (Å²) in [5.74, 6) is 1.15. The molecule has 0 aliphatic carbocycles. The zero-order chi connectivity index (χ0) is 14.4. The molecule has 1 heterocycles. The van der Waals surface area contributed by atoms with Gasteiger partial charge in [-0.25, -0.2) is 0 Å². The molecule has 1 aliphatic heterocycles. The van der Waals surface area contributed by atoms with E-state index in [0.717, 1.165) is 23.7 Å². The van der Waals surface area contributed by atoms with E-state index in [1.807, 2.05) is 17.8 Å². The zero-order valence-electron chi connectivity index (χ0n) is 11.8. The van der Waals surface area contributed by atoms with E-state index in [4.69, 9.17) is 16.3 Å². The highest BCUT2D eigenvalue weighted by Gasteiger charge is 2.19. The summed E-state index contributed by atoms with van der Waals surface area (Å²) in [6.07, 6.45) is 2.61. The first-order valence-corrected chi connectivity index (χ1v) is 8.39. The third-order valence-electron chi connectivity index (χ3n) is 3.47. The monoisotopic (exact) mass is 315 g/mol. The van der Waals surface area contributed by atoms with Gasteiger partial charge in [0.2, 0.25) is 0 Å². The molecule has 2 N–H and O–H groups in total. The van der Waals surface area contributed by atoms with Gasteiger partial charge in [-0.3, -0.25) is 0 Å². The zero-order valence-corrected chi connectivity index (χ0v) is 13.3. The minimum atomic E-state index is -0.397. The van der Waals surface area contributed by atoms with E-state index < -0.39 is 6.10 Å². The summed E-state index contributed by atoms with van der Waals surface area (Å²) in [4.78, 5) is 1.32. The van der Waals surface area contributed by atoms with Crippen LogP contribution in [0.25, 0.3) is 0 Å². The van der Waals surface area contributed by atoms with Gasteiger partial charge in [-0.05, 0) is 55.3 Å². The predicted molar refractivity (Wildman–Crippen MR) is 84.7 cm³/mol. The predicted octanol–water partition coefficient (Wildman–Crippen LogP) is 3.25. The maximum Gasteiger partial charge on any atom is 0.0785 e. The van der Waals surface area contributed by atoms with Gasteiger partial charge in [-0.2, -0.15) is 0 Å². The number of ether oxygens (including phenoxy) is 1. The maximum atomic E-state index is 9.68. The number of hydrogen-bond acceptors (Lipinski definition) is 4. The maximum absolute atomic E-state index is 9.68. The Morgan fingerprint density at radius 3 is 3.20 bits per heavy atom. The molecule has 112 valence electrons. The van der Waals surface area contributed by atoms with Gasteiger partial charge in [-0.15, -0.1) is 11.8 Å². The van der Waals surface area contributed by atoms with E-state index >= 15 is 0 Å². The quantitative estimate of drug-likeness (QED) is 0.845. The van der Waals surface area contributed by atoms with Gasteiger partial charge in [0.15, 0.2) is 0 Å². The summed E-state index contributed by atoms with van der Waals surface area (Å²) in [6, 6.07) is 6.46. The Morgan fingerprint density at radius 2 is 2.40 bits per heavy atom. The second-order valence-corrected chi connectivity index (χ2v) is 6.65. The van der Waals surface area contributed by atoms with E-state index in [-0.39, 0.29) is 0 Å². The lowest BCUT2D eigenvalue weighted by atomic mass is 10.0. The largest absolute Gasteiger partial charge is 0.391 e. The van der Waals surface area contributed by atoms with Crippen LogP contribution < -0.4 is 5.32 Å². The van der Waals surface area contributed by atoms with E-state index in [9.17, 15) is 5.11 Å². The average Bonchev–Trinajstić information content (AvgIpc) is 2.62. The van der Waals surface area contributed by atoms with Gasteiger partial charge in [-0.1, -0.05) is 11.6 Å². The molecule has 2 atom stereocenters. The van der Waals surface area contributed by atoms with Crippen molar-refractivity contribution in [3.63, 3.8) is 0 Å². The van der Waals surface area contributed by atoms with Crippen LogP contribution in [-0.2, 0) is 4.74 Å². The molecule has 20 heavy (non-hydrogen) atoms. The Hall–Kier alpha value is -0.260. The molecule has 0 radical (unpaired) electrons. The summed E-state index contributed by atoms with van der Waals surface area (Å²) in [5.41, 5.74) is 1.29. The fourth-order valence-corrected chi connectivity index (χ4v) is 3.70. The van der Waals surface area contributed by atoms with Crippen molar-refractivity contribution in [3.8, 4) is 0 Å². The van der Waals surface area contributed by atoms with E-state index in [1.54, 1.807) is 7.11 Å². The average molecular weight is 316 g/mol. The molecule has 0 fully saturated rings. The molecule has 2 unspecified atom stereocenters. The van der Waals surface area contributed by atoms with Crippen molar-refractivity contribution in [1.82, 2.24) is 5.32 Å². The van der Waals surface area contributed by atoms with E-state index in [0.29, 0.717) is 19.1 Å². The molecule has 1 aromatic rings. The van der Waals surface area contributed by atoms with Crippen molar-refractivity contribution in [3.05, 3.63) is 28.8 Å². The lowest BCUT2D eigenvalue weighted by molar-refractivity contribution is 0.0589. The number of hydrogen-bond donors (Lipinski definition) is 2. The van der Waals surface area contributed by atoms with Gasteiger partial charge in [0.1, 0.15) is 0 Å². The molecule has 2 rings (SSSR count). The minimum absolute atomic E-state index is 0.327. The van der Waals surface area contributed by atoms with Crippen molar-refractivity contribution in [1.29, 1.82) is 0 Å². The van der Waals surface area contributed by atoms with Crippen molar-refractivity contribution < 1.29 is 9.84 Å². The first-order valence-electron chi connectivity index (χ1n) is 7.03. The number of aliphatic hydroxyl groups is 1. The summed E-state index contributed by atoms with van der Waals surface area (Å²) in [6.45, 7) is 1.18. The Morgan fingerprint density at radius 1 is 1.55 bits per heavy atom. The van der Waals surface area contributed by atoms with Crippen molar-refractivity contribution >= 4 is 23.4 Å². The third-order valence-corrected chi connectivity index (χ3v) is 4.88. The molecule has 1 aromatic carbocycles. The summed E-state index contributed by atoms with van der Waals surface area (Å²) >= 11 is 8.03. The number of thioether (sulfide) groups is 1. The van der Waals surface area contributed by atoms with E-state index in [2.05, 4.69) is 17.4 Å². The highest BCUT2D eigenvalue weighted by molar-refractivity contribution is 7.99. The van der Waals surface area contributed by atoms with Gasteiger partial charge in [0, 0.05) is 23.1 Å². The molecular formula is C15H22ClNO2S. The molecule has 1 aliphatic rings. The summed E-state index contributed by atoms with van der Waals surface area (Å²) in [7, 11) is 1.61. The number of aliphatic hydroxyl groups excluding tert-OH is 1. The number of rotatable bonds is 6. The second kappa shape index (κ2) is 8.25. The van der Waals surface area contributed by atoms with Crippen LogP contribution in [0.3, 0.4) is 0 Å². The lowest BCUT2D eigenvalue weighted by Gasteiger charge is -2.20. The van der Waals surface area contributed by atoms with Crippen LogP contribution in [0.1, 0.15) is 30.9 Å². The number of halogens is 1. The number of fused-ring (bicyclic) bond motifs is 1. The van der Waals surface area contributed by atoms with Gasteiger partial charge < -0.3 is 15.2 Å². The Kier molecular flexibility index (Phi) is 6.65. The third kappa shape index (κ3) is 4.64. The summed E-state index contributed by atoms with van der Waals surface area (Å²) < 4.78 is 4.94. The van der Waals surface area contributed by atoms with Crippen LogP contribution in [0.5, 0.6) is 0 Å². The SMILES string of the molecule is COCC(O)CCNC1CCCSc2ccc(Cl)cc21. The number of nitrogens with one attached hydrogen (secondary N) is 1. The Labute approximate surface area is 130 Å². The smallest absolute Gasteiger partial charge is 0.0785 e. The highest BCUT2D eigenvalue weighted by atomic mass is 35.5. The number of methoxy groups -OCH3 is 1. The molecule has 5 heteroatoms. The topological polar surface area (TPSA) is 41.5 Å².